The van der Waals surface area contributed by atoms with E-state index in [2.05, 4.69) is 16.9 Å². The van der Waals surface area contributed by atoms with Crippen molar-refractivity contribution < 1.29 is 9.53 Å². The molecule has 0 aromatic carbocycles. The monoisotopic (exact) mass is 191 g/mol. The molecule has 3 heteroatoms. The number of hydrogen-bond donors (Lipinski definition) is 0. The fourth-order valence-corrected chi connectivity index (χ4v) is 1.47. The number of hydrogen-bond acceptors (Lipinski definition) is 3. The molecule has 0 heterocycles. The highest BCUT2D eigenvalue weighted by molar-refractivity contribution is 5.92. The summed E-state index contributed by atoms with van der Waals surface area (Å²) in [7, 11) is 1.29. The van der Waals surface area contributed by atoms with Crippen LogP contribution in [0, 0.1) is 17.2 Å². The number of carbonyl (C=O) groups excluding carboxylic acids is 1. The molecule has 0 saturated carbocycles. The van der Waals surface area contributed by atoms with Crippen LogP contribution in [0.25, 0.3) is 0 Å². The first-order valence-electron chi connectivity index (χ1n) is 4.63. The van der Waals surface area contributed by atoms with Gasteiger partial charge in [0.15, 0.2) is 0 Å². The van der Waals surface area contributed by atoms with E-state index in [0.717, 1.165) is 19.3 Å². The summed E-state index contributed by atoms with van der Waals surface area (Å²) in [6, 6.07) is 1.86. The maximum atomic E-state index is 11.1. The molecule has 1 rings (SSSR count). The van der Waals surface area contributed by atoms with E-state index in [1.165, 1.54) is 7.11 Å². The van der Waals surface area contributed by atoms with Crippen molar-refractivity contribution in [2.45, 2.75) is 19.3 Å². The number of allylic oxidation sites excluding steroid dienone is 3. The van der Waals surface area contributed by atoms with Crippen LogP contribution in [0.4, 0.5) is 0 Å². The van der Waals surface area contributed by atoms with Crippen molar-refractivity contribution in [3.8, 4) is 6.07 Å². The summed E-state index contributed by atoms with van der Waals surface area (Å²) in [5.41, 5.74) is 0.118. The molecule has 0 bridgehead atoms. The third kappa shape index (κ3) is 2.74. The highest BCUT2D eigenvalue weighted by Crippen LogP contribution is 2.20. The first kappa shape index (κ1) is 10.5. The van der Waals surface area contributed by atoms with E-state index in [-0.39, 0.29) is 5.57 Å². The summed E-state index contributed by atoms with van der Waals surface area (Å²) in [4.78, 5) is 11.1. The Morgan fingerprint density at radius 3 is 2.93 bits per heavy atom. The summed E-state index contributed by atoms with van der Waals surface area (Å²) in [5, 5.41) is 8.72. The van der Waals surface area contributed by atoms with E-state index in [1.807, 2.05) is 6.07 Å². The quantitative estimate of drug-likeness (QED) is 0.290. The van der Waals surface area contributed by atoms with Gasteiger partial charge in [0, 0.05) is 0 Å². The van der Waals surface area contributed by atoms with Crippen LogP contribution in [-0.2, 0) is 9.53 Å². The van der Waals surface area contributed by atoms with Gasteiger partial charge < -0.3 is 4.74 Å². The Labute approximate surface area is 83.7 Å². The van der Waals surface area contributed by atoms with E-state index < -0.39 is 5.97 Å². The number of nitriles is 1. The molecule has 1 aliphatic carbocycles. The molecule has 0 fully saturated rings. The average molecular weight is 191 g/mol. The number of nitrogens with zero attached hydrogens (tertiary/aromatic N) is 1. The lowest BCUT2D eigenvalue weighted by molar-refractivity contribution is -0.135. The third-order valence-corrected chi connectivity index (χ3v) is 2.24. The fourth-order valence-electron chi connectivity index (χ4n) is 1.47. The second kappa shape index (κ2) is 5.23. The van der Waals surface area contributed by atoms with Crippen molar-refractivity contribution >= 4 is 5.97 Å². The van der Waals surface area contributed by atoms with Gasteiger partial charge in [-0.25, -0.2) is 4.79 Å². The van der Waals surface area contributed by atoms with Gasteiger partial charge in [-0.05, 0) is 25.2 Å². The summed E-state index contributed by atoms with van der Waals surface area (Å²) in [6.45, 7) is 0. The molecular formula is C11H13NO2. The number of methoxy groups -OCH3 is 1. The zero-order chi connectivity index (χ0) is 10.4. The fraction of sp³-hybridized carbons (Fsp3) is 0.455. The van der Waals surface area contributed by atoms with Crippen LogP contribution in [0.1, 0.15) is 19.3 Å². The summed E-state index contributed by atoms with van der Waals surface area (Å²) in [6.07, 6.45) is 8.84. The largest absolute Gasteiger partial charge is 0.465 e. The van der Waals surface area contributed by atoms with Crippen molar-refractivity contribution in [1.82, 2.24) is 0 Å². The van der Waals surface area contributed by atoms with E-state index in [9.17, 15) is 4.79 Å². The van der Waals surface area contributed by atoms with Gasteiger partial charge in [0.1, 0.15) is 11.6 Å². The number of rotatable bonds is 2. The van der Waals surface area contributed by atoms with Crippen molar-refractivity contribution in [3.63, 3.8) is 0 Å². The predicted octanol–water partition coefficient (Wildman–Crippen LogP) is 1.97. The highest BCUT2D eigenvalue weighted by atomic mass is 16.5. The SMILES string of the molecule is COC(=O)/C(C#N)=C/C1CC=CCC1. The van der Waals surface area contributed by atoms with Gasteiger partial charge in [0.25, 0.3) is 0 Å². The molecule has 0 aromatic heterocycles. The summed E-state index contributed by atoms with van der Waals surface area (Å²) < 4.78 is 4.50. The Hall–Kier alpha value is -1.56. The molecule has 1 atom stereocenters. The van der Waals surface area contributed by atoms with Crippen LogP contribution in [0.2, 0.25) is 0 Å². The van der Waals surface area contributed by atoms with Gasteiger partial charge >= 0.3 is 5.97 Å². The number of esters is 1. The molecule has 0 N–H and O–H groups in total. The number of ether oxygens (including phenoxy) is 1. The molecule has 1 unspecified atom stereocenters. The van der Waals surface area contributed by atoms with Gasteiger partial charge in [-0.3, -0.25) is 0 Å². The second-order valence-electron chi connectivity index (χ2n) is 3.23. The van der Waals surface area contributed by atoms with Gasteiger partial charge in [-0.2, -0.15) is 5.26 Å². The van der Waals surface area contributed by atoms with Crippen LogP contribution >= 0.6 is 0 Å². The average Bonchev–Trinajstić information content (AvgIpc) is 2.26. The molecule has 74 valence electrons. The van der Waals surface area contributed by atoms with Crippen molar-refractivity contribution in [2.24, 2.45) is 5.92 Å². The molecule has 0 saturated heterocycles. The molecule has 1 aliphatic rings. The summed E-state index contributed by atoms with van der Waals surface area (Å²) >= 11 is 0. The molecule has 3 nitrogen and oxygen atoms in total. The Bertz CT molecular complexity index is 310. The normalized spacial score (nSPS) is 21.4. The van der Waals surface area contributed by atoms with Crippen LogP contribution in [0.15, 0.2) is 23.8 Å². The summed E-state index contributed by atoms with van der Waals surface area (Å²) in [5.74, 6) is -0.240. The Balaban J connectivity index is 2.68. The predicted molar refractivity (Wildman–Crippen MR) is 52.2 cm³/mol. The van der Waals surface area contributed by atoms with Crippen molar-refractivity contribution in [3.05, 3.63) is 23.8 Å². The Kier molecular flexibility index (Phi) is 3.93. The van der Waals surface area contributed by atoms with Crippen LogP contribution in [0.5, 0.6) is 0 Å². The zero-order valence-corrected chi connectivity index (χ0v) is 8.19. The van der Waals surface area contributed by atoms with Gasteiger partial charge in [0.2, 0.25) is 0 Å². The molecule has 0 amide bonds. The molecule has 0 aliphatic heterocycles. The van der Waals surface area contributed by atoms with Gasteiger partial charge in [-0.1, -0.05) is 18.2 Å². The van der Waals surface area contributed by atoms with Crippen LogP contribution in [0.3, 0.4) is 0 Å². The Morgan fingerprint density at radius 1 is 1.64 bits per heavy atom. The molecule has 14 heavy (non-hydrogen) atoms. The minimum atomic E-state index is -0.540. The third-order valence-electron chi connectivity index (χ3n) is 2.24. The van der Waals surface area contributed by atoms with E-state index >= 15 is 0 Å². The minimum absolute atomic E-state index is 0.118. The number of carbonyl (C=O) groups is 1. The van der Waals surface area contributed by atoms with E-state index in [1.54, 1.807) is 6.08 Å². The van der Waals surface area contributed by atoms with Crippen LogP contribution in [-0.4, -0.2) is 13.1 Å². The molecule has 0 aromatic rings. The zero-order valence-electron chi connectivity index (χ0n) is 8.19. The first-order valence-corrected chi connectivity index (χ1v) is 4.63. The lowest BCUT2D eigenvalue weighted by atomic mass is 9.92. The van der Waals surface area contributed by atoms with Crippen LogP contribution < -0.4 is 0 Å². The first-order chi connectivity index (χ1) is 6.77. The standard InChI is InChI=1S/C11H13NO2/c1-14-11(13)10(8-12)7-9-5-3-2-4-6-9/h2-3,7,9H,4-6H2,1H3/b10-7+. The topological polar surface area (TPSA) is 50.1 Å². The molecular weight excluding hydrogens is 178 g/mol. The Morgan fingerprint density at radius 2 is 2.43 bits per heavy atom. The molecule has 0 radical (unpaired) electrons. The van der Waals surface area contributed by atoms with Crippen molar-refractivity contribution in [1.29, 1.82) is 5.26 Å². The minimum Gasteiger partial charge on any atom is -0.465 e. The van der Waals surface area contributed by atoms with E-state index in [4.69, 9.17) is 5.26 Å². The smallest absolute Gasteiger partial charge is 0.348 e. The van der Waals surface area contributed by atoms with Gasteiger partial charge in [-0.15, -0.1) is 0 Å². The lowest BCUT2D eigenvalue weighted by Crippen LogP contribution is -2.07. The maximum Gasteiger partial charge on any atom is 0.348 e. The van der Waals surface area contributed by atoms with Crippen molar-refractivity contribution in [2.75, 3.05) is 7.11 Å². The molecule has 0 spiro atoms. The van der Waals surface area contributed by atoms with Gasteiger partial charge in [0.05, 0.1) is 7.11 Å². The second-order valence-corrected chi connectivity index (χ2v) is 3.23. The van der Waals surface area contributed by atoms with E-state index in [0.29, 0.717) is 5.92 Å². The maximum absolute atomic E-state index is 11.1. The lowest BCUT2D eigenvalue weighted by Gasteiger charge is -2.13. The highest BCUT2D eigenvalue weighted by Gasteiger charge is 2.13.